The predicted molar refractivity (Wildman–Crippen MR) is 409 cm³/mol. The van der Waals surface area contributed by atoms with Crippen LogP contribution in [0.4, 0.5) is 17.1 Å². The summed E-state index contributed by atoms with van der Waals surface area (Å²) in [6.07, 6.45) is 0. The molecule has 98 heavy (non-hydrogen) atoms. The molecular weight excluding hydrogens is 1190 g/mol. The second-order valence-electron chi connectivity index (χ2n) is 27.3. The Morgan fingerprint density at radius 2 is 0.622 bits per heavy atom. The summed E-state index contributed by atoms with van der Waals surface area (Å²) in [7, 11) is 0. The third-order valence-electron chi connectivity index (χ3n) is 22.6. The lowest BCUT2D eigenvalue weighted by Gasteiger charge is -2.37. The lowest BCUT2D eigenvalue weighted by Crippen LogP contribution is -2.59. The predicted octanol–water partition coefficient (Wildman–Crippen LogP) is 21.0. The van der Waals surface area contributed by atoms with Crippen molar-refractivity contribution in [2.24, 2.45) is 0 Å². The fraction of sp³-hybridized carbons (Fsp3) is 0.0217. The summed E-state index contributed by atoms with van der Waals surface area (Å²) in [5.74, 6) is 0.129. The number of hydrogen-bond acceptors (Lipinski definition) is 1. The number of aromatic nitrogens is 4. The number of hydrogen-bond donors (Lipinski definition) is 0. The number of nitrogens with zero attached hydrogens (tertiary/aromatic N) is 5. The fourth-order valence-electron chi connectivity index (χ4n) is 18.9. The SMILES string of the molecule is c1ccc(N(c2ccccc2)c2ccc3c4c2-n2c5ccc(C6c7ccccc7-c7ccccc76)cc5c5cc(-n6c7ccccc7c7ccccc76)cc(c52)B4c2cc(-n4c5ccccc5c5ccccc54)cc4c5cc(C6c7ccccc7-c7ccccc76)ccc5n-3c24)cc1. The molecule has 6 heterocycles. The molecule has 0 bridgehead atoms. The normalized spacial score (nSPS) is 13.4. The highest BCUT2D eigenvalue weighted by atomic mass is 15.2. The van der Waals surface area contributed by atoms with Crippen LogP contribution in [0.5, 0.6) is 0 Å². The summed E-state index contributed by atoms with van der Waals surface area (Å²) >= 11 is 0. The Morgan fingerprint density at radius 3 is 1.05 bits per heavy atom. The van der Waals surface area contributed by atoms with Gasteiger partial charge in [0.2, 0.25) is 0 Å². The Balaban J connectivity index is 0.898. The highest BCUT2D eigenvalue weighted by Gasteiger charge is 2.44. The van der Waals surface area contributed by atoms with Crippen LogP contribution in [-0.2, 0) is 0 Å². The number of rotatable bonds is 7. The Bertz CT molecular complexity index is 6480. The van der Waals surface area contributed by atoms with Crippen LogP contribution in [0.15, 0.2) is 328 Å². The van der Waals surface area contributed by atoms with Crippen molar-refractivity contribution in [1.29, 1.82) is 0 Å². The largest absolute Gasteiger partial charge is 0.310 e. The van der Waals surface area contributed by atoms with Crippen LogP contribution in [0.1, 0.15) is 45.2 Å². The molecule has 0 amide bonds. The average Bonchev–Trinajstić information content (AvgIpc) is 1.46. The van der Waals surface area contributed by atoms with E-state index in [0.717, 1.165) is 28.4 Å². The standard InChI is InChI=1S/C92H56BN5/c1-3-23-57(24-4-1)94(58-25-5-2-6-26-58)86-48-47-85-89-92(86)98-84-46-44-56(88-71-37-13-9-29-63(71)64-30-10-14-38-72(64)88)50-74(84)76-52-60(96-81-41-21-17-33-67(81)68-34-18-22-42-82(68)96)54-78(91(76)98)93(89)77-53-59(95-79-39-19-15-31-65(79)66-32-16-20-40-80(66)95)51-75-73-49-55(43-45-83(73)97(85)90(75)77)87-69-35-11-7-27-61(69)62-28-8-12-36-70(62)87/h1-54,87-88H. The summed E-state index contributed by atoms with van der Waals surface area (Å²) in [5, 5.41) is 9.91. The van der Waals surface area contributed by atoms with Gasteiger partial charge in [0.1, 0.15) is 0 Å². The third-order valence-corrected chi connectivity index (χ3v) is 22.6. The second kappa shape index (κ2) is 19.5. The van der Waals surface area contributed by atoms with E-state index in [0.29, 0.717) is 0 Å². The lowest BCUT2D eigenvalue weighted by atomic mass is 9.34. The molecule has 23 rings (SSSR count). The van der Waals surface area contributed by atoms with E-state index in [1.807, 2.05) is 0 Å². The summed E-state index contributed by atoms with van der Waals surface area (Å²) in [6.45, 7) is -0.255. The van der Waals surface area contributed by atoms with Gasteiger partial charge >= 0.3 is 0 Å². The molecule has 2 aliphatic carbocycles. The number of anilines is 3. The first kappa shape index (κ1) is 52.7. The monoisotopic (exact) mass is 1240 g/mol. The number of benzene rings is 15. The topological polar surface area (TPSA) is 23.0 Å². The molecule has 0 N–H and O–H groups in total. The van der Waals surface area contributed by atoms with Gasteiger partial charge in [0, 0.05) is 94.4 Å². The molecule has 6 heteroatoms. The van der Waals surface area contributed by atoms with E-state index in [9.17, 15) is 0 Å². The quantitative estimate of drug-likeness (QED) is 0.146. The van der Waals surface area contributed by atoms with Crippen molar-refractivity contribution in [1.82, 2.24) is 18.3 Å². The van der Waals surface area contributed by atoms with Crippen molar-refractivity contribution < 1.29 is 0 Å². The van der Waals surface area contributed by atoms with Crippen molar-refractivity contribution in [3.63, 3.8) is 0 Å². The third kappa shape index (κ3) is 6.90. The molecule has 5 nitrogen and oxygen atoms in total. The van der Waals surface area contributed by atoms with Crippen LogP contribution in [0, 0.1) is 0 Å². The van der Waals surface area contributed by atoms with Gasteiger partial charge in [0.25, 0.3) is 6.71 Å². The van der Waals surface area contributed by atoms with Gasteiger partial charge in [0.15, 0.2) is 0 Å². The average molecular weight is 1240 g/mol. The molecule has 0 spiro atoms. The first-order chi connectivity index (χ1) is 48.7. The number of para-hydroxylation sites is 6. The lowest BCUT2D eigenvalue weighted by molar-refractivity contribution is 1.02. The van der Waals surface area contributed by atoms with Crippen LogP contribution in [0.3, 0.4) is 0 Å². The Kier molecular flexibility index (Phi) is 10.5. The highest BCUT2D eigenvalue weighted by molar-refractivity contribution is 7.00. The van der Waals surface area contributed by atoms with E-state index in [1.165, 1.54) is 171 Å². The molecule has 0 saturated carbocycles. The van der Waals surface area contributed by atoms with Crippen molar-refractivity contribution in [3.05, 3.63) is 361 Å². The van der Waals surface area contributed by atoms with E-state index >= 15 is 0 Å². The van der Waals surface area contributed by atoms with Crippen molar-refractivity contribution >= 4 is 127 Å². The smallest absolute Gasteiger partial charge is 0.252 e. The van der Waals surface area contributed by atoms with Gasteiger partial charge in [-0.2, -0.15) is 0 Å². The van der Waals surface area contributed by atoms with Crippen LogP contribution in [0.25, 0.3) is 132 Å². The molecule has 0 fully saturated rings. The van der Waals surface area contributed by atoms with Gasteiger partial charge in [0.05, 0.1) is 44.5 Å². The Hall–Kier alpha value is -12.6. The molecule has 4 aliphatic rings. The van der Waals surface area contributed by atoms with Gasteiger partial charge in [-0.05, 0) is 181 Å². The van der Waals surface area contributed by atoms with Crippen molar-refractivity contribution in [2.75, 3.05) is 4.90 Å². The fourth-order valence-corrected chi connectivity index (χ4v) is 18.9. The number of fused-ring (bicyclic) bond motifs is 22. The first-order valence-corrected chi connectivity index (χ1v) is 34.3. The molecule has 0 atom stereocenters. The summed E-state index contributed by atoms with van der Waals surface area (Å²) in [6, 6.07) is 125. The molecule has 0 radical (unpaired) electrons. The van der Waals surface area contributed by atoms with Crippen LogP contribution >= 0.6 is 0 Å². The van der Waals surface area contributed by atoms with E-state index < -0.39 is 0 Å². The minimum atomic E-state index is -0.255. The van der Waals surface area contributed by atoms with Crippen molar-refractivity contribution in [2.45, 2.75) is 11.8 Å². The van der Waals surface area contributed by atoms with E-state index in [1.54, 1.807) is 0 Å². The maximum atomic E-state index is 2.71. The van der Waals surface area contributed by atoms with Gasteiger partial charge in [-0.3, -0.25) is 0 Å². The molecule has 452 valence electrons. The highest BCUT2D eigenvalue weighted by Crippen LogP contribution is 2.53. The molecular formula is C92H56BN5. The maximum Gasteiger partial charge on any atom is 0.252 e. The van der Waals surface area contributed by atoms with Crippen LogP contribution in [0.2, 0.25) is 0 Å². The molecule has 0 unspecified atom stereocenters. The molecule has 4 aromatic heterocycles. The van der Waals surface area contributed by atoms with Crippen LogP contribution in [-0.4, -0.2) is 25.0 Å². The molecule has 15 aromatic carbocycles. The first-order valence-electron chi connectivity index (χ1n) is 34.3. The minimum absolute atomic E-state index is 0.0565. The zero-order valence-electron chi connectivity index (χ0n) is 53.1. The minimum Gasteiger partial charge on any atom is -0.310 e. The Labute approximate surface area is 564 Å². The second-order valence-corrected chi connectivity index (χ2v) is 27.3. The van der Waals surface area contributed by atoms with Gasteiger partial charge in [-0.15, -0.1) is 0 Å². The summed E-state index contributed by atoms with van der Waals surface area (Å²) < 4.78 is 10.5. The zero-order chi connectivity index (χ0) is 63.6. The summed E-state index contributed by atoms with van der Waals surface area (Å²) in [4.78, 5) is 2.51. The summed E-state index contributed by atoms with van der Waals surface area (Å²) in [5.41, 5.74) is 34.6. The van der Waals surface area contributed by atoms with E-state index in [2.05, 4.69) is 351 Å². The van der Waals surface area contributed by atoms with Gasteiger partial charge in [-0.1, -0.05) is 218 Å². The molecule has 19 aromatic rings. The van der Waals surface area contributed by atoms with E-state index in [-0.39, 0.29) is 18.5 Å². The molecule has 0 saturated heterocycles. The van der Waals surface area contributed by atoms with Gasteiger partial charge in [-0.25, -0.2) is 0 Å². The van der Waals surface area contributed by atoms with Gasteiger partial charge < -0.3 is 23.2 Å². The Morgan fingerprint density at radius 1 is 0.265 bits per heavy atom. The zero-order valence-corrected chi connectivity index (χ0v) is 53.1. The van der Waals surface area contributed by atoms with Crippen molar-refractivity contribution in [3.8, 4) is 45.0 Å². The van der Waals surface area contributed by atoms with Crippen LogP contribution < -0.4 is 21.3 Å². The van der Waals surface area contributed by atoms with E-state index in [4.69, 9.17) is 0 Å². The molecule has 2 aliphatic heterocycles. The maximum absolute atomic E-state index is 2.71.